The van der Waals surface area contributed by atoms with Crippen molar-refractivity contribution >= 4 is 11.6 Å². The Hall–Kier alpha value is -2.40. The van der Waals surface area contributed by atoms with Crippen molar-refractivity contribution < 1.29 is 13.2 Å². The molecule has 0 fully saturated rings. The second-order valence-corrected chi connectivity index (χ2v) is 5.15. The number of hydrogen-bond donors (Lipinski definition) is 0. The molecule has 0 unspecified atom stereocenters. The first-order valence-corrected chi connectivity index (χ1v) is 7.10. The molecule has 0 aliphatic heterocycles. The molecule has 0 atom stereocenters. The van der Waals surface area contributed by atoms with Gasteiger partial charge in [0.1, 0.15) is 5.15 Å². The zero-order valence-corrected chi connectivity index (χ0v) is 12.4. The molecule has 0 aliphatic rings. The van der Waals surface area contributed by atoms with Crippen LogP contribution >= 0.6 is 11.6 Å². The molecule has 0 amide bonds. The van der Waals surface area contributed by atoms with E-state index in [0.29, 0.717) is 16.7 Å². The van der Waals surface area contributed by atoms with Crippen molar-refractivity contribution in [3.63, 3.8) is 0 Å². The first-order chi connectivity index (χ1) is 11.0. The van der Waals surface area contributed by atoms with Crippen LogP contribution in [-0.4, -0.2) is 9.97 Å². The van der Waals surface area contributed by atoms with Crippen LogP contribution in [0.4, 0.5) is 13.2 Å². The van der Waals surface area contributed by atoms with Crippen molar-refractivity contribution in [1.29, 1.82) is 0 Å². The molecule has 2 aromatic carbocycles. The highest BCUT2D eigenvalue weighted by atomic mass is 35.5. The Kier molecular flexibility index (Phi) is 4.05. The maximum atomic E-state index is 13.0. The van der Waals surface area contributed by atoms with Crippen LogP contribution in [0.1, 0.15) is 5.82 Å². The van der Waals surface area contributed by atoms with Crippen LogP contribution in [0.2, 0.25) is 5.15 Å². The third-order valence-corrected chi connectivity index (χ3v) is 3.50. The van der Waals surface area contributed by atoms with E-state index < -0.39 is 12.0 Å². The highest BCUT2D eigenvalue weighted by Crippen LogP contribution is 2.38. The average molecular weight is 335 g/mol. The van der Waals surface area contributed by atoms with Crippen LogP contribution in [0, 0.1) is 0 Å². The molecule has 0 aliphatic carbocycles. The second kappa shape index (κ2) is 6.01. The normalized spacial score (nSPS) is 11.5. The zero-order chi connectivity index (χ0) is 16.4. The van der Waals surface area contributed by atoms with E-state index in [1.54, 1.807) is 54.6 Å². The second-order valence-electron chi connectivity index (χ2n) is 4.79. The Morgan fingerprint density at radius 3 is 1.78 bits per heavy atom. The largest absolute Gasteiger partial charge is 0.451 e. The molecular weight excluding hydrogens is 325 g/mol. The van der Waals surface area contributed by atoms with Crippen LogP contribution in [0.15, 0.2) is 60.7 Å². The lowest BCUT2D eigenvalue weighted by molar-refractivity contribution is -0.144. The standard InChI is InChI=1S/C17H10ClF3N2/c18-15-13(11-7-3-1-4-8-11)14(12-9-5-2-6-10-12)22-16(23-15)17(19,20)21/h1-10H. The molecule has 1 aromatic heterocycles. The van der Waals surface area contributed by atoms with Gasteiger partial charge in [0.05, 0.1) is 5.69 Å². The predicted octanol–water partition coefficient (Wildman–Crippen LogP) is 5.48. The molecule has 0 bridgehead atoms. The van der Waals surface area contributed by atoms with Crippen molar-refractivity contribution in [2.24, 2.45) is 0 Å². The van der Waals surface area contributed by atoms with Crippen LogP contribution < -0.4 is 0 Å². The monoisotopic (exact) mass is 334 g/mol. The Morgan fingerprint density at radius 1 is 0.739 bits per heavy atom. The summed E-state index contributed by atoms with van der Waals surface area (Å²) in [5.74, 6) is -1.25. The van der Waals surface area contributed by atoms with Gasteiger partial charge in [0.25, 0.3) is 0 Å². The summed E-state index contributed by atoms with van der Waals surface area (Å²) < 4.78 is 39.0. The fraction of sp³-hybridized carbons (Fsp3) is 0.0588. The predicted molar refractivity (Wildman–Crippen MR) is 82.9 cm³/mol. The molecule has 0 N–H and O–H groups in total. The summed E-state index contributed by atoms with van der Waals surface area (Å²) in [5.41, 5.74) is 1.74. The summed E-state index contributed by atoms with van der Waals surface area (Å²) in [5, 5.41) is -0.225. The van der Waals surface area contributed by atoms with E-state index in [0.717, 1.165) is 0 Å². The number of alkyl halides is 3. The van der Waals surface area contributed by atoms with Gasteiger partial charge < -0.3 is 0 Å². The average Bonchev–Trinajstić information content (AvgIpc) is 2.55. The van der Waals surface area contributed by atoms with E-state index >= 15 is 0 Å². The fourth-order valence-electron chi connectivity index (χ4n) is 2.23. The van der Waals surface area contributed by atoms with Gasteiger partial charge in [-0.25, -0.2) is 9.97 Å². The highest BCUT2D eigenvalue weighted by molar-refractivity contribution is 6.32. The third-order valence-electron chi connectivity index (χ3n) is 3.23. The van der Waals surface area contributed by atoms with Gasteiger partial charge in [-0.3, -0.25) is 0 Å². The molecule has 116 valence electrons. The maximum Gasteiger partial charge on any atom is 0.451 e. The summed E-state index contributed by atoms with van der Waals surface area (Å²) >= 11 is 6.07. The highest BCUT2D eigenvalue weighted by Gasteiger charge is 2.36. The molecule has 0 saturated carbocycles. The van der Waals surface area contributed by atoms with Crippen LogP contribution in [0.25, 0.3) is 22.4 Å². The fourth-order valence-corrected chi connectivity index (χ4v) is 2.50. The van der Waals surface area contributed by atoms with Crippen LogP contribution in [0.5, 0.6) is 0 Å². The minimum atomic E-state index is -4.66. The topological polar surface area (TPSA) is 25.8 Å². The van der Waals surface area contributed by atoms with E-state index in [4.69, 9.17) is 11.6 Å². The van der Waals surface area contributed by atoms with Crippen molar-refractivity contribution in [1.82, 2.24) is 9.97 Å². The number of nitrogens with zero attached hydrogens (tertiary/aromatic N) is 2. The molecule has 0 saturated heterocycles. The number of hydrogen-bond acceptors (Lipinski definition) is 2. The van der Waals surface area contributed by atoms with Crippen LogP contribution in [0.3, 0.4) is 0 Å². The summed E-state index contributed by atoms with van der Waals surface area (Å²) in [6.45, 7) is 0. The molecule has 3 rings (SSSR count). The minimum Gasteiger partial charge on any atom is -0.224 e. The Morgan fingerprint density at radius 2 is 1.26 bits per heavy atom. The van der Waals surface area contributed by atoms with Gasteiger partial charge >= 0.3 is 6.18 Å². The minimum absolute atomic E-state index is 0.157. The van der Waals surface area contributed by atoms with E-state index in [-0.39, 0.29) is 10.8 Å². The molecule has 6 heteroatoms. The smallest absolute Gasteiger partial charge is 0.224 e. The Bertz CT molecular complexity index is 818. The molecule has 0 spiro atoms. The molecule has 0 radical (unpaired) electrons. The number of aromatic nitrogens is 2. The van der Waals surface area contributed by atoms with Crippen molar-refractivity contribution in [2.75, 3.05) is 0 Å². The lowest BCUT2D eigenvalue weighted by Gasteiger charge is -2.14. The van der Waals surface area contributed by atoms with Gasteiger partial charge in [0.15, 0.2) is 0 Å². The van der Waals surface area contributed by atoms with E-state index in [2.05, 4.69) is 9.97 Å². The van der Waals surface area contributed by atoms with Crippen molar-refractivity contribution in [3.8, 4) is 22.4 Å². The van der Waals surface area contributed by atoms with E-state index in [9.17, 15) is 13.2 Å². The quantitative estimate of drug-likeness (QED) is 0.580. The van der Waals surface area contributed by atoms with Crippen LogP contribution in [-0.2, 0) is 6.18 Å². The molecule has 3 aromatic rings. The number of halogens is 4. The summed E-state index contributed by atoms with van der Waals surface area (Å²) in [6, 6.07) is 17.5. The van der Waals surface area contributed by atoms with E-state index in [1.807, 2.05) is 6.07 Å². The summed E-state index contributed by atoms with van der Waals surface area (Å²) in [6.07, 6.45) is -4.66. The Labute approximate surface area is 135 Å². The lowest BCUT2D eigenvalue weighted by atomic mass is 10.0. The third kappa shape index (κ3) is 3.19. The van der Waals surface area contributed by atoms with Crippen molar-refractivity contribution in [3.05, 3.63) is 71.6 Å². The summed E-state index contributed by atoms with van der Waals surface area (Å²) in [4.78, 5) is 7.17. The van der Waals surface area contributed by atoms with Gasteiger partial charge in [-0.05, 0) is 5.56 Å². The first-order valence-electron chi connectivity index (χ1n) is 6.72. The summed E-state index contributed by atoms with van der Waals surface area (Å²) in [7, 11) is 0. The lowest BCUT2D eigenvalue weighted by Crippen LogP contribution is -2.12. The van der Waals surface area contributed by atoms with Gasteiger partial charge in [-0.2, -0.15) is 13.2 Å². The SMILES string of the molecule is FC(F)(F)c1nc(Cl)c(-c2ccccc2)c(-c2ccccc2)n1. The van der Waals surface area contributed by atoms with Gasteiger partial charge in [-0.15, -0.1) is 0 Å². The molecule has 23 heavy (non-hydrogen) atoms. The zero-order valence-electron chi connectivity index (χ0n) is 11.7. The first kappa shape index (κ1) is 15.5. The molecule has 2 nitrogen and oxygen atoms in total. The maximum absolute atomic E-state index is 13.0. The number of rotatable bonds is 2. The van der Waals surface area contributed by atoms with Gasteiger partial charge in [-0.1, -0.05) is 72.3 Å². The van der Waals surface area contributed by atoms with Gasteiger partial charge in [0, 0.05) is 11.1 Å². The van der Waals surface area contributed by atoms with Crippen molar-refractivity contribution in [2.45, 2.75) is 6.18 Å². The molecular formula is C17H10ClF3N2. The Balaban J connectivity index is 2.31. The number of benzene rings is 2. The molecule has 1 heterocycles. The van der Waals surface area contributed by atoms with Gasteiger partial charge in [0.2, 0.25) is 5.82 Å². The van der Waals surface area contributed by atoms with E-state index in [1.165, 1.54) is 0 Å².